The van der Waals surface area contributed by atoms with Crippen LogP contribution in [0.5, 0.6) is 0 Å². The van der Waals surface area contributed by atoms with Gasteiger partial charge in [-0.1, -0.05) is 12.2 Å². The zero-order chi connectivity index (χ0) is 12.7. The number of hydrogen-bond acceptors (Lipinski definition) is 3. The molecule has 0 fully saturated rings. The minimum atomic E-state index is 0.196. The highest BCUT2D eigenvalue weighted by molar-refractivity contribution is 5.45. The maximum Gasteiger partial charge on any atom is 0.0380 e. The lowest BCUT2D eigenvalue weighted by atomic mass is 10.1. The molecule has 0 spiro atoms. The van der Waals surface area contributed by atoms with Crippen molar-refractivity contribution in [3.8, 4) is 0 Å². The zero-order valence-electron chi connectivity index (χ0n) is 11.0. The van der Waals surface area contributed by atoms with Crippen LogP contribution < -0.4 is 11.1 Å². The van der Waals surface area contributed by atoms with Gasteiger partial charge in [0.15, 0.2) is 0 Å². The molecule has 0 aliphatic carbocycles. The van der Waals surface area contributed by atoms with Gasteiger partial charge in [-0.3, -0.25) is 4.98 Å². The lowest BCUT2D eigenvalue weighted by Gasteiger charge is -2.19. The SMILES string of the molecule is CC(C)(C)NCCC=CCc1cnccc1N. The van der Waals surface area contributed by atoms with E-state index in [0.29, 0.717) is 0 Å². The molecule has 1 heterocycles. The van der Waals surface area contributed by atoms with Crippen molar-refractivity contribution in [3.05, 3.63) is 36.2 Å². The van der Waals surface area contributed by atoms with E-state index in [1.54, 1.807) is 6.20 Å². The van der Waals surface area contributed by atoms with Gasteiger partial charge in [0, 0.05) is 23.6 Å². The van der Waals surface area contributed by atoms with Crippen LogP contribution in [0.25, 0.3) is 0 Å². The first-order valence-corrected chi connectivity index (χ1v) is 6.07. The van der Waals surface area contributed by atoms with Gasteiger partial charge in [0.05, 0.1) is 0 Å². The fourth-order valence-corrected chi connectivity index (χ4v) is 1.47. The van der Waals surface area contributed by atoms with Crippen molar-refractivity contribution in [2.45, 2.75) is 39.2 Å². The van der Waals surface area contributed by atoms with Gasteiger partial charge in [-0.2, -0.15) is 0 Å². The highest BCUT2D eigenvalue weighted by Crippen LogP contribution is 2.09. The molecule has 0 aliphatic heterocycles. The van der Waals surface area contributed by atoms with Crippen LogP contribution in [0.15, 0.2) is 30.6 Å². The van der Waals surface area contributed by atoms with Gasteiger partial charge < -0.3 is 11.1 Å². The van der Waals surface area contributed by atoms with Crippen LogP contribution in [0.3, 0.4) is 0 Å². The molecule has 0 aromatic carbocycles. The second-order valence-electron chi connectivity index (χ2n) is 5.22. The third-order valence-electron chi connectivity index (χ3n) is 2.41. The summed E-state index contributed by atoms with van der Waals surface area (Å²) in [5.74, 6) is 0. The van der Waals surface area contributed by atoms with Gasteiger partial charge in [0.2, 0.25) is 0 Å². The van der Waals surface area contributed by atoms with Crippen LogP contribution in [-0.4, -0.2) is 17.1 Å². The van der Waals surface area contributed by atoms with E-state index in [0.717, 1.165) is 30.6 Å². The Morgan fingerprint density at radius 3 is 2.76 bits per heavy atom. The van der Waals surface area contributed by atoms with Gasteiger partial charge in [0.25, 0.3) is 0 Å². The molecular weight excluding hydrogens is 210 g/mol. The first kappa shape index (κ1) is 13.7. The monoisotopic (exact) mass is 233 g/mol. The van der Waals surface area contributed by atoms with Crippen molar-refractivity contribution in [1.82, 2.24) is 10.3 Å². The summed E-state index contributed by atoms with van der Waals surface area (Å²) in [6, 6.07) is 1.84. The molecule has 0 amide bonds. The van der Waals surface area contributed by atoms with Crippen LogP contribution in [-0.2, 0) is 6.42 Å². The zero-order valence-corrected chi connectivity index (χ0v) is 11.0. The summed E-state index contributed by atoms with van der Waals surface area (Å²) in [6.07, 6.45) is 9.78. The second-order valence-corrected chi connectivity index (χ2v) is 5.22. The van der Waals surface area contributed by atoms with Crippen LogP contribution in [0, 0.1) is 0 Å². The first-order chi connectivity index (χ1) is 7.99. The fraction of sp³-hybridized carbons (Fsp3) is 0.500. The summed E-state index contributed by atoms with van der Waals surface area (Å²) in [6.45, 7) is 7.52. The van der Waals surface area contributed by atoms with Crippen molar-refractivity contribution < 1.29 is 0 Å². The van der Waals surface area contributed by atoms with Crippen molar-refractivity contribution >= 4 is 5.69 Å². The van der Waals surface area contributed by atoms with Crippen LogP contribution in [0.1, 0.15) is 32.8 Å². The number of hydrogen-bond donors (Lipinski definition) is 2. The van der Waals surface area contributed by atoms with Gasteiger partial charge in [-0.05, 0) is 51.8 Å². The number of rotatable bonds is 5. The number of nitrogens with zero attached hydrogens (tertiary/aromatic N) is 1. The predicted octanol–water partition coefficient (Wildman–Crippen LogP) is 2.54. The summed E-state index contributed by atoms with van der Waals surface area (Å²) in [4.78, 5) is 4.07. The van der Waals surface area contributed by atoms with Gasteiger partial charge in [0.1, 0.15) is 0 Å². The standard InChI is InChI=1S/C14H23N3/c1-14(2,3)17-9-6-4-5-7-12-11-16-10-8-13(12)15/h4-5,8,10-11,17H,6-7,9H2,1-3H3,(H2,15,16). The molecule has 0 unspecified atom stereocenters. The second kappa shape index (κ2) is 6.40. The number of pyridine rings is 1. The lowest BCUT2D eigenvalue weighted by Crippen LogP contribution is -2.36. The molecule has 1 rings (SSSR count). The number of nitrogens with one attached hydrogen (secondary N) is 1. The maximum atomic E-state index is 5.83. The van der Waals surface area contributed by atoms with Crippen molar-refractivity contribution in [3.63, 3.8) is 0 Å². The Kier molecular flexibility index (Phi) is 5.16. The summed E-state index contributed by atoms with van der Waals surface area (Å²) < 4.78 is 0. The predicted molar refractivity (Wildman–Crippen MR) is 73.9 cm³/mol. The fourth-order valence-electron chi connectivity index (χ4n) is 1.47. The van der Waals surface area contributed by atoms with E-state index in [1.165, 1.54) is 0 Å². The summed E-state index contributed by atoms with van der Waals surface area (Å²) >= 11 is 0. The average molecular weight is 233 g/mol. The molecule has 0 atom stereocenters. The van der Waals surface area contributed by atoms with E-state index in [9.17, 15) is 0 Å². The molecule has 17 heavy (non-hydrogen) atoms. The largest absolute Gasteiger partial charge is 0.398 e. The minimum Gasteiger partial charge on any atom is -0.398 e. The normalized spacial score (nSPS) is 12.2. The van der Waals surface area contributed by atoms with Crippen LogP contribution in [0.4, 0.5) is 5.69 Å². The van der Waals surface area contributed by atoms with Crippen LogP contribution >= 0.6 is 0 Å². The highest BCUT2D eigenvalue weighted by Gasteiger charge is 2.06. The molecule has 0 bridgehead atoms. The molecular formula is C14H23N3. The first-order valence-electron chi connectivity index (χ1n) is 6.07. The Balaban J connectivity index is 2.25. The van der Waals surface area contributed by atoms with E-state index in [4.69, 9.17) is 5.73 Å². The van der Waals surface area contributed by atoms with E-state index >= 15 is 0 Å². The number of aromatic nitrogens is 1. The molecule has 0 radical (unpaired) electrons. The number of nitrogens with two attached hydrogens (primary N) is 1. The molecule has 1 aromatic heterocycles. The molecule has 94 valence electrons. The summed E-state index contributed by atoms with van der Waals surface area (Å²) in [5.41, 5.74) is 7.94. The molecule has 0 saturated carbocycles. The minimum absolute atomic E-state index is 0.196. The quantitative estimate of drug-likeness (QED) is 0.607. The Bertz CT molecular complexity index is 364. The molecule has 0 saturated heterocycles. The average Bonchev–Trinajstić information content (AvgIpc) is 2.24. The number of anilines is 1. The Morgan fingerprint density at radius 2 is 2.12 bits per heavy atom. The molecule has 3 nitrogen and oxygen atoms in total. The smallest absolute Gasteiger partial charge is 0.0380 e. The third kappa shape index (κ3) is 6.07. The number of allylic oxidation sites excluding steroid dienone is 1. The molecule has 0 aliphatic rings. The maximum absolute atomic E-state index is 5.83. The van der Waals surface area contributed by atoms with E-state index in [-0.39, 0.29) is 5.54 Å². The molecule has 1 aromatic rings. The molecule has 3 heteroatoms. The van der Waals surface area contributed by atoms with Crippen molar-refractivity contribution in [2.75, 3.05) is 12.3 Å². The third-order valence-corrected chi connectivity index (χ3v) is 2.41. The summed E-state index contributed by atoms with van der Waals surface area (Å²) in [5, 5.41) is 3.44. The number of nitrogen functional groups attached to an aromatic ring is 1. The highest BCUT2D eigenvalue weighted by atomic mass is 14.9. The Labute approximate surface area is 104 Å². The molecule has 3 N–H and O–H groups in total. The van der Waals surface area contributed by atoms with E-state index in [1.807, 2.05) is 12.3 Å². The summed E-state index contributed by atoms with van der Waals surface area (Å²) in [7, 11) is 0. The van der Waals surface area contributed by atoms with Gasteiger partial charge in [-0.15, -0.1) is 0 Å². The topological polar surface area (TPSA) is 50.9 Å². The van der Waals surface area contributed by atoms with Gasteiger partial charge in [-0.25, -0.2) is 0 Å². The van der Waals surface area contributed by atoms with E-state index in [2.05, 4.69) is 43.2 Å². The van der Waals surface area contributed by atoms with Crippen molar-refractivity contribution in [2.24, 2.45) is 0 Å². The lowest BCUT2D eigenvalue weighted by molar-refractivity contribution is 0.431. The van der Waals surface area contributed by atoms with Crippen molar-refractivity contribution in [1.29, 1.82) is 0 Å². The van der Waals surface area contributed by atoms with Crippen LogP contribution in [0.2, 0.25) is 0 Å². The Morgan fingerprint density at radius 1 is 1.35 bits per heavy atom. The van der Waals surface area contributed by atoms with Gasteiger partial charge >= 0.3 is 0 Å². The Hall–Kier alpha value is -1.35. The van der Waals surface area contributed by atoms with E-state index < -0.39 is 0 Å².